The van der Waals surface area contributed by atoms with E-state index >= 15 is 0 Å². The Labute approximate surface area is 156 Å². The zero-order valence-corrected chi connectivity index (χ0v) is 15.9. The van der Waals surface area contributed by atoms with Gasteiger partial charge in [0.15, 0.2) is 0 Å². The Morgan fingerprint density at radius 1 is 1.12 bits per heavy atom. The van der Waals surface area contributed by atoms with Crippen LogP contribution in [0.15, 0.2) is 18.2 Å². The SMILES string of the molecule is Cc1cc(C(=O)NC2CCCCC2)ccc1NC(=O)[C@H]1CCN[C@@H](C)C1. The molecule has 1 saturated heterocycles. The Morgan fingerprint density at radius 2 is 1.88 bits per heavy atom. The van der Waals surface area contributed by atoms with E-state index in [9.17, 15) is 9.59 Å². The average Bonchev–Trinajstić information content (AvgIpc) is 2.64. The second-order valence-corrected chi connectivity index (χ2v) is 7.90. The number of carbonyl (C=O) groups is 2. The third-order valence-corrected chi connectivity index (χ3v) is 5.68. The fourth-order valence-corrected chi connectivity index (χ4v) is 4.07. The van der Waals surface area contributed by atoms with E-state index in [0.717, 1.165) is 43.5 Å². The van der Waals surface area contributed by atoms with E-state index in [2.05, 4.69) is 22.9 Å². The number of anilines is 1. The fraction of sp³-hybridized carbons (Fsp3) is 0.619. The number of piperidine rings is 1. The number of nitrogens with one attached hydrogen (secondary N) is 3. The summed E-state index contributed by atoms with van der Waals surface area (Å²) in [6.07, 6.45) is 7.56. The van der Waals surface area contributed by atoms with Gasteiger partial charge in [-0.1, -0.05) is 19.3 Å². The third kappa shape index (κ3) is 4.85. The maximum atomic E-state index is 12.5. The van der Waals surface area contributed by atoms with Crippen LogP contribution in [0.4, 0.5) is 5.69 Å². The topological polar surface area (TPSA) is 70.2 Å². The zero-order chi connectivity index (χ0) is 18.5. The van der Waals surface area contributed by atoms with Crippen molar-refractivity contribution in [2.24, 2.45) is 5.92 Å². The number of hydrogen-bond acceptors (Lipinski definition) is 3. The van der Waals surface area contributed by atoms with E-state index in [1.807, 2.05) is 25.1 Å². The number of amides is 2. The van der Waals surface area contributed by atoms with Gasteiger partial charge in [0.1, 0.15) is 0 Å². The molecule has 1 aromatic rings. The van der Waals surface area contributed by atoms with E-state index in [-0.39, 0.29) is 17.7 Å². The molecule has 3 N–H and O–H groups in total. The van der Waals surface area contributed by atoms with Gasteiger partial charge in [-0.2, -0.15) is 0 Å². The number of carbonyl (C=O) groups excluding carboxylic acids is 2. The number of benzene rings is 1. The molecule has 2 aliphatic rings. The van der Waals surface area contributed by atoms with Crippen LogP contribution < -0.4 is 16.0 Å². The molecule has 2 amide bonds. The molecule has 2 fully saturated rings. The summed E-state index contributed by atoms with van der Waals surface area (Å²) in [5, 5.41) is 9.57. The number of rotatable bonds is 4. The van der Waals surface area contributed by atoms with Gasteiger partial charge >= 0.3 is 0 Å². The standard InChI is InChI=1S/C21H31N3O2/c1-14-12-16(20(25)23-18-6-4-3-5-7-18)8-9-19(14)24-21(26)17-10-11-22-15(2)13-17/h8-9,12,15,17-18,22H,3-7,10-11,13H2,1-2H3,(H,23,25)(H,24,26)/t15-,17-/m0/s1. The van der Waals surface area contributed by atoms with Crippen LogP contribution in [0.1, 0.15) is 67.8 Å². The first kappa shape index (κ1) is 18.9. The first-order valence-corrected chi connectivity index (χ1v) is 9.98. The molecule has 0 aromatic heterocycles. The molecular formula is C21H31N3O2. The van der Waals surface area contributed by atoms with Crippen molar-refractivity contribution in [3.05, 3.63) is 29.3 Å². The molecule has 2 atom stereocenters. The summed E-state index contributed by atoms with van der Waals surface area (Å²) in [5.74, 6) is 0.130. The van der Waals surface area contributed by atoms with Crippen molar-refractivity contribution in [2.75, 3.05) is 11.9 Å². The lowest BCUT2D eigenvalue weighted by molar-refractivity contribution is -0.120. The van der Waals surface area contributed by atoms with Gasteiger partial charge in [0.25, 0.3) is 5.91 Å². The Kier molecular flexibility index (Phi) is 6.30. The lowest BCUT2D eigenvalue weighted by Crippen LogP contribution is -2.40. The maximum Gasteiger partial charge on any atom is 0.251 e. The second kappa shape index (κ2) is 8.67. The normalized spacial score (nSPS) is 24.1. The van der Waals surface area contributed by atoms with E-state index in [0.29, 0.717) is 17.6 Å². The van der Waals surface area contributed by atoms with Crippen molar-refractivity contribution >= 4 is 17.5 Å². The lowest BCUT2D eigenvalue weighted by atomic mass is 9.92. The van der Waals surface area contributed by atoms with Gasteiger partial charge in [-0.3, -0.25) is 9.59 Å². The highest BCUT2D eigenvalue weighted by Gasteiger charge is 2.25. The predicted octanol–water partition coefficient (Wildman–Crippen LogP) is 3.38. The van der Waals surface area contributed by atoms with E-state index in [1.165, 1.54) is 19.3 Å². The third-order valence-electron chi connectivity index (χ3n) is 5.68. The highest BCUT2D eigenvalue weighted by molar-refractivity contribution is 5.97. The molecule has 1 heterocycles. The summed E-state index contributed by atoms with van der Waals surface area (Å²) in [4.78, 5) is 25.0. The summed E-state index contributed by atoms with van der Waals surface area (Å²) in [5.41, 5.74) is 2.40. The Hall–Kier alpha value is -1.88. The monoisotopic (exact) mass is 357 g/mol. The highest BCUT2D eigenvalue weighted by atomic mass is 16.2. The van der Waals surface area contributed by atoms with Crippen LogP contribution in [0.3, 0.4) is 0 Å². The molecule has 0 radical (unpaired) electrons. The van der Waals surface area contributed by atoms with E-state index < -0.39 is 0 Å². The van der Waals surface area contributed by atoms with Crippen molar-refractivity contribution in [1.29, 1.82) is 0 Å². The summed E-state index contributed by atoms with van der Waals surface area (Å²) in [6, 6.07) is 6.22. The Bertz CT molecular complexity index is 653. The molecule has 1 aromatic carbocycles. The maximum absolute atomic E-state index is 12.5. The quantitative estimate of drug-likeness (QED) is 0.774. The molecule has 1 aliphatic heterocycles. The molecule has 5 nitrogen and oxygen atoms in total. The van der Waals surface area contributed by atoms with Gasteiger partial charge in [0.2, 0.25) is 5.91 Å². The minimum Gasteiger partial charge on any atom is -0.349 e. The van der Waals surface area contributed by atoms with E-state index in [4.69, 9.17) is 0 Å². The van der Waals surface area contributed by atoms with Crippen molar-refractivity contribution in [3.8, 4) is 0 Å². The summed E-state index contributed by atoms with van der Waals surface area (Å²) in [6.45, 7) is 4.95. The number of aryl methyl sites for hydroxylation is 1. The summed E-state index contributed by atoms with van der Waals surface area (Å²) in [7, 11) is 0. The minimum atomic E-state index is -0.00921. The first-order valence-electron chi connectivity index (χ1n) is 9.98. The van der Waals surface area contributed by atoms with Gasteiger partial charge < -0.3 is 16.0 Å². The molecule has 26 heavy (non-hydrogen) atoms. The summed E-state index contributed by atoms with van der Waals surface area (Å²) >= 11 is 0. The molecular weight excluding hydrogens is 326 g/mol. The van der Waals surface area contributed by atoms with E-state index in [1.54, 1.807) is 0 Å². The number of hydrogen-bond donors (Lipinski definition) is 3. The van der Waals surface area contributed by atoms with Crippen molar-refractivity contribution < 1.29 is 9.59 Å². The second-order valence-electron chi connectivity index (χ2n) is 7.90. The van der Waals surface area contributed by atoms with Gasteiger partial charge in [-0.25, -0.2) is 0 Å². The minimum absolute atomic E-state index is 0.00921. The average molecular weight is 357 g/mol. The van der Waals surface area contributed by atoms with Crippen LogP contribution in [-0.4, -0.2) is 30.4 Å². The Balaban J connectivity index is 1.59. The smallest absolute Gasteiger partial charge is 0.251 e. The molecule has 0 bridgehead atoms. The predicted molar refractivity (Wildman–Crippen MR) is 104 cm³/mol. The van der Waals surface area contributed by atoms with Crippen LogP contribution in [-0.2, 0) is 4.79 Å². The van der Waals surface area contributed by atoms with Crippen LogP contribution in [0, 0.1) is 12.8 Å². The van der Waals surface area contributed by atoms with Crippen LogP contribution in [0.2, 0.25) is 0 Å². The van der Waals surface area contributed by atoms with Crippen molar-refractivity contribution in [1.82, 2.24) is 10.6 Å². The summed E-state index contributed by atoms with van der Waals surface area (Å²) < 4.78 is 0. The zero-order valence-electron chi connectivity index (χ0n) is 15.9. The van der Waals surface area contributed by atoms with Crippen LogP contribution in [0.5, 0.6) is 0 Å². The highest BCUT2D eigenvalue weighted by Crippen LogP contribution is 2.22. The molecule has 1 saturated carbocycles. The molecule has 0 spiro atoms. The first-order chi connectivity index (χ1) is 12.5. The largest absolute Gasteiger partial charge is 0.349 e. The van der Waals surface area contributed by atoms with Gasteiger partial charge in [-0.15, -0.1) is 0 Å². The van der Waals surface area contributed by atoms with Gasteiger partial charge in [0.05, 0.1) is 0 Å². The molecule has 5 heteroatoms. The van der Waals surface area contributed by atoms with Crippen molar-refractivity contribution in [2.45, 2.75) is 70.9 Å². The fourth-order valence-electron chi connectivity index (χ4n) is 4.07. The van der Waals surface area contributed by atoms with Gasteiger partial charge in [0, 0.05) is 29.3 Å². The van der Waals surface area contributed by atoms with Gasteiger partial charge in [-0.05, 0) is 69.8 Å². The molecule has 1 aliphatic carbocycles. The van der Waals surface area contributed by atoms with Crippen LogP contribution in [0.25, 0.3) is 0 Å². The molecule has 3 rings (SSSR count). The molecule has 0 unspecified atom stereocenters. The lowest BCUT2D eigenvalue weighted by Gasteiger charge is -2.27. The Morgan fingerprint density at radius 3 is 2.58 bits per heavy atom. The molecule has 142 valence electrons. The van der Waals surface area contributed by atoms with Crippen LogP contribution >= 0.6 is 0 Å². The van der Waals surface area contributed by atoms with Crippen molar-refractivity contribution in [3.63, 3.8) is 0 Å².